The largest absolute Gasteiger partial charge is 0.295 e. The molecule has 2 aliphatic rings. The van der Waals surface area contributed by atoms with Gasteiger partial charge in [0, 0.05) is 11.8 Å². The molecule has 2 heterocycles. The molecule has 0 saturated heterocycles. The summed E-state index contributed by atoms with van der Waals surface area (Å²) in [5.74, 6) is 1.06. The van der Waals surface area contributed by atoms with Crippen LogP contribution >= 0.6 is 11.3 Å². The molecule has 0 saturated carbocycles. The van der Waals surface area contributed by atoms with Crippen molar-refractivity contribution in [1.29, 1.82) is 5.26 Å². The van der Waals surface area contributed by atoms with Crippen LogP contribution in [0.5, 0.6) is 0 Å². The minimum absolute atomic E-state index is 0.516. The van der Waals surface area contributed by atoms with Crippen LogP contribution in [0.1, 0.15) is 40.6 Å². The summed E-state index contributed by atoms with van der Waals surface area (Å²) in [7, 11) is 0. The predicted molar refractivity (Wildman–Crippen MR) is 167 cm³/mol. The second-order valence-electron chi connectivity index (χ2n) is 10.9. The number of thiophene rings is 1. The number of para-hydroxylation sites is 2. The number of hydrogen-bond donors (Lipinski definition) is 0. The maximum absolute atomic E-state index is 9.99. The van der Waals surface area contributed by atoms with Gasteiger partial charge >= 0.3 is 0 Å². The van der Waals surface area contributed by atoms with Crippen molar-refractivity contribution in [2.45, 2.75) is 18.8 Å². The van der Waals surface area contributed by atoms with Gasteiger partial charge in [0.05, 0.1) is 38.5 Å². The lowest BCUT2D eigenvalue weighted by atomic mass is 9.70. The average molecular weight is 542 g/mol. The molecule has 2 aliphatic carbocycles. The zero-order valence-corrected chi connectivity index (χ0v) is 23.2. The van der Waals surface area contributed by atoms with Gasteiger partial charge in [0.15, 0.2) is 0 Å². The van der Waals surface area contributed by atoms with Crippen molar-refractivity contribution in [1.82, 2.24) is 9.55 Å². The molecule has 9 rings (SSSR count). The minimum atomic E-state index is -0.516. The standard InChI is InChI=1S/C37H23N3S/c1-2-34-39-31-13-7-8-14-32(31)40(34)33-20-30-35(26-17-18-41-36(26)33)25-10-4-6-12-28(25)37(30)27-11-5-3-9-23(27)24-16-15-22(21-38)19-29(24)37/h3-20H,2H2,1H3. The highest BCUT2D eigenvalue weighted by Crippen LogP contribution is 2.64. The topological polar surface area (TPSA) is 41.6 Å². The molecule has 4 heteroatoms. The normalized spacial score (nSPS) is 16.1. The summed E-state index contributed by atoms with van der Waals surface area (Å²) in [6.07, 6.45) is 0.835. The van der Waals surface area contributed by atoms with Crippen molar-refractivity contribution in [3.8, 4) is 34.0 Å². The van der Waals surface area contributed by atoms with Gasteiger partial charge < -0.3 is 0 Å². The predicted octanol–water partition coefficient (Wildman–Crippen LogP) is 9.02. The number of aryl methyl sites for hydroxylation is 1. The molecule has 1 unspecified atom stereocenters. The highest BCUT2D eigenvalue weighted by Gasteiger charge is 2.52. The Balaban J connectivity index is 1.50. The third-order valence-corrected chi connectivity index (χ3v) is 10.0. The van der Waals surface area contributed by atoms with Gasteiger partial charge in [0.25, 0.3) is 0 Å². The van der Waals surface area contributed by atoms with Crippen LogP contribution in [0.4, 0.5) is 0 Å². The number of aromatic nitrogens is 2. The van der Waals surface area contributed by atoms with E-state index in [1.165, 1.54) is 60.3 Å². The molecule has 1 atom stereocenters. The van der Waals surface area contributed by atoms with Gasteiger partial charge in [-0.05, 0) is 86.3 Å². The first-order valence-electron chi connectivity index (χ1n) is 14.0. The Labute approximate surface area is 241 Å². The van der Waals surface area contributed by atoms with E-state index in [0.717, 1.165) is 23.3 Å². The van der Waals surface area contributed by atoms with Crippen molar-refractivity contribution >= 4 is 32.5 Å². The monoisotopic (exact) mass is 541 g/mol. The van der Waals surface area contributed by atoms with Crippen LogP contribution in [0.3, 0.4) is 0 Å². The van der Waals surface area contributed by atoms with Crippen LogP contribution < -0.4 is 0 Å². The Bertz CT molecular complexity index is 2280. The van der Waals surface area contributed by atoms with E-state index >= 15 is 0 Å². The van der Waals surface area contributed by atoms with Gasteiger partial charge in [-0.2, -0.15) is 5.26 Å². The maximum Gasteiger partial charge on any atom is 0.114 e. The number of hydrogen-bond acceptors (Lipinski definition) is 3. The van der Waals surface area contributed by atoms with E-state index in [0.29, 0.717) is 5.56 Å². The summed E-state index contributed by atoms with van der Waals surface area (Å²) >= 11 is 1.80. The molecule has 0 amide bonds. The van der Waals surface area contributed by atoms with Crippen LogP contribution in [0.25, 0.3) is 49.1 Å². The molecule has 0 bridgehead atoms. The molecule has 41 heavy (non-hydrogen) atoms. The van der Waals surface area contributed by atoms with Crippen LogP contribution in [-0.4, -0.2) is 9.55 Å². The number of imidazole rings is 1. The first-order chi connectivity index (χ1) is 20.3. The number of nitriles is 1. The zero-order chi connectivity index (χ0) is 27.3. The van der Waals surface area contributed by atoms with Crippen molar-refractivity contribution in [3.05, 3.63) is 142 Å². The van der Waals surface area contributed by atoms with Gasteiger partial charge in [-0.25, -0.2) is 4.98 Å². The molecule has 5 aromatic carbocycles. The Morgan fingerprint density at radius 3 is 2.34 bits per heavy atom. The highest BCUT2D eigenvalue weighted by molar-refractivity contribution is 7.17. The fourth-order valence-electron chi connectivity index (χ4n) is 7.56. The van der Waals surface area contributed by atoms with Gasteiger partial charge in [-0.1, -0.05) is 73.7 Å². The minimum Gasteiger partial charge on any atom is -0.295 e. The van der Waals surface area contributed by atoms with Crippen molar-refractivity contribution in [2.75, 3.05) is 0 Å². The summed E-state index contributed by atoms with van der Waals surface area (Å²) in [5.41, 5.74) is 13.5. The first-order valence-corrected chi connectivity index (χ1v) is 14.9. The van der Waals surface area contributed by atoms with E-state index in [1.54, 1.807) is 11.3 Å². The summed E-state index contributed by atoms with van der Waals surface area (Å²) in [6, 6.07) is 39.5. The third-order valence-electron chi connectivity index (χ3n) is 9.08. The smallest absolute Gasteiger partial charge is 0.114 e. The molecule has 0 N–H and O–H groups in total. The lowest BCUT2D eigenvalue weighted by molar-refractivity contribution is 0.791. The van der Waals surface area contributed by atoms with E-state index in [2.05, 4.69) is 120 Å². The summed E-state index contributed by atoms with van der Waals surface area (Å²) in [5, 5.41) is 13.5. The summed E-state index contributed by atoms with van der Waals surface area (Å²) in [4.78, 5) is 5.05. The van der Waals surface area contributed by atoms with Crippen molar-refractivity contribution in [2.24, 2.45) is 0 Å². The molecule has 0 aliphatic heterocycles. The fraction of sp³-hybridized carbons (Fsp3) is 0.0811. The number of benzene rings is 5. The zero-order valence-electron chi connectivity index (χ0n) is 22.3. The molecule has 3 nitrogen and oxygen atoms in total. The molecule has 2 aromatic heterocycles. The van der Waals surface area contributed by atoms with Crippen LogP contribution in [0.15, 0.2) is 109 Å². The molecule has 0 fully saturated rings. The Morgan fingerprint density at radius 1 is 0.780 bits per heavy atom. The number of rotatable bonds is 2. The molecular formula is C37H23N3S. The Morgan fingerprint density at radius 2 is 1.51 bits per heavy atom. The van der Waals surface area contributed by atoms with E-state index < -0.39 is 5.41 Å². The molecule has 7 aromatic rings. The Kier molecular flexibility index (Phi) is 4.47. The fourth-order valence-corrected chi connectivity index (χ4v) is 8.47. The number of nitrogens with zero attached hydrogens (tertiary/aromatic N) is 3. The van der Waals surface area contributed by atoms with Gasteiger partial charge in [-0.3, -0.25) is 4.57 Å². The van der Waals surface area contributed by atoms with Gasteiger partial charge in [0.1, 0.15) is 5.82 Å². The van der Waals surface area contributed by atoms with E-state index in [1.807, 2.05) is 6.07 Å². The van der Waals surface area contributed by atoms with Crippen LogP contribution in [0, 0.1) is 11.3 Å². The highest BCUT2D eigenvalue weighted by atomic mass is 32.1. The van der Waals surface area contributed by atoms with E-state index in [-0.39, 0.29) is 0 Å². The average Bonchev–Trinajstić information content (AvgIpc) is 3.78. The summed E-state index contributed by atoms with van der Waals surface area (Å²) in [6.45, 7) is 2.18. The van der Waals surface area contributed by atoms with Crippen LogP contribution in [-0.2, 0) is 11.8 Å². The molecule has 192 valence electrons. The quantitative estimate of drug-likeness (QED) is 0.219. The molecule has 1 spiro atoms. The maximum atomic E-state index is 9.99. The van der Waals surface area contributed by atoms with E-state index in [4.69, 9.17) is 4.98 Å². The molecule has 0 radical (unpaired) electrons. The van der Waals surface area contributed by atoms with Crippen molar-refractivity contribution < 1.29 is 0 Å². The lowest BCUT2D eigenvalue weighted by Gasteiger charge is -2.31. The van der Waals surface area contributed by atoms with Gasteiger partial charge in [-0.15, -0.1) is 11.3 Å². The van der Waals surface area contributed by atoms with Crippen LogP contribution in [0.2, 0.25) is 0 Å². The second-order valence-corrected chi connectivity index (χ2v) is 11.8. The molecular weight excluding hydrogens is 518 g/mol. The summed E-state index contributed by atoms with van der Waals surface area (Å²) < 4.78 is 3.64. The lowest BCUT2D eigenvalue weighted by Crippen LogP contribution is -2.26. The van der Waals surface area contributed by atoms with Crippen molar-refractivity contribution in [3.63, 3.8) is 0 Å². The van der Waals surface area contributed by atoms with Gasteiger partial charge in [0.2, 0.25) is 0 Å². The SMILES string of the molecule is CCc1nc2ccccc2n1-c1cc2c(c3ccsc13)-c1ccccc1C21c2ccccc2-c2ccc(C#N)cc21. The number of fused-ring (bicyclic) bond motifs is 13. The van der Waals surface area contributed by atoms with E-state index in [9.17, 15) is 5.26 Å². The first kappa shape index (κ1) is 22.8. The third kappa shape index (κ3) is 2.70. The second kappa shape index (κ2) is 8.04. The Hall–Kier alpha value is -4.98.